The van der Waals surface area contributed by atoms with Crippen molar-refractivity contribution in [3.63, 3.8) is 0 Å². The van der Waals surface area contributed by atoms with Crippen molar-refractivity contribution in [3.8, 4) is 0 Å². The SMILES string of the molecule is Cl.FC(F)(F)c1cccnc1CCl.OCc1ncccc1C(F)(F)F. The van der Waals surface area contributed by atoms with Gasteiger partial charge in [-0.3, -0.25) is 9.97 Å². The largest absolute Gasteiger partial charge is 0.418 e. The first kappa shape index (κ1) is 23.4. The van der Waals surface area contributed by atoms with E-state index in [1.807, 2.05) is 0 Å². The first-order chi connectivity index (χ1) is 11.1. The van der Waals surface area contributed by atoms with Gasteiger partial charge in [0.25, 0.3) is 0 Å². The fourth-order valence-corrected chi connectivity index (χ4v) is 1.84. The van der Waals surface area contributed by atoms with Crippen LogP contribution < -0.4 is 0 Å². The second-order valence-electron chi connectivity index (χ2n) is 4.28. The minimum absolute atomic E-state index is 0. The number of pyridine rings is 2. The van der Waals surface area contributed by atoms with Crippen LogP contribution in [0.25, 0.3) is 0 Å². The van der Waals surface area contributed by atoms with Gasteiger partial charge in [-0.1, -0.05) is 0 Å². The molecule has 25 heavy (non-hydrogen) atoms. The van der Waals surface area contributed by atoms with Crippen LogP contribution in [0.1, 0.15) is 22.5 Å². The second-order valence-corrected chi connectivity index (χ2v) is 4.55. The molecule has 0 aliphatic heterocycles. The minimum Gasteiger partial charge on any atom is -0.390 e. The van der Waals surface area contributed by atoms with E-state index in [4.69, 9.17) is 16.7 Å². The lowest BCUT2D eigenvalue weighted by molar-refractivity contribution is -0.139. The molecule has 0 aliphatic rings. The quantitative estimate of drug-likeness (QED) is 0.570. The molecule has 0 bridgehead atoms. The summed E-state index contributed by atoms with van der Waals surface area (Å²) in [5.74, 6) is -0.227. The van der Waals surface area contributed by atoms with E-state index in [9.17, 15) is 26.3 Å². The first-order valence-corrected chi connectivity index (χ1v) is 6.83. The van der Waals surface area contributed by atoms with Gasteiger partial charge in [0.05, 0.1) is 35.0 Å². The number of halogens is 8. The summed E-state index contributed by atoms with van der Waals surface area (Å²) < 4.78 is 72.7. The highest BCUT2D eigenvalue weighted by Crippen LogP contribution is 2.31. The lowest BCUT2D eigenvalue weighted by Gasteiger charge is -2.08. The number of hydrogen-bond donors (Lipinski definition) is 1. The zero-order chi connectivity index (χ0) is 18.4. The summed E-state index contributed by atoms with van der Waals surface area (Å²) in [4.78, 5) is 6.91. The maximum Gasteiger partial charge on any atom is 0.418 e. The van der Waals surface area contributed by atoms with Crippen molar-refractivity contribution in [2.45, 2.75) is 24.8 Å². The van der Waals surface area contributed by atoms with Gasteiger partial charge in [0.15, 0.2) is 0 Å². The average Bonchev–Trinajstić information content (AvgIpc) is 2.53. The van der Waals surface area contributed by atoms with Crippen LogP contribution in [0.5, 0.6) is 0 Å². The normalized spacial score (nSPS) is 11.2. The third-order valence-electron chi connectivity index (χ3n) is 2.67. The highest BCUT2D eigenvalue weighted by Gasteiger charge is 2.34. The van der Waals surface area contributed by atoms with Gasteiger partial charge in [-0.15, -0.1) is 24.0 Å². The molecular formula is C14H12Cl2F6N2O. The van der Waals surface area contributed by atoms with Crippen molar-refractivity contribution in [1.82, 2.24) is 9.97 Å². The van der Waals surface area contributed by atoms with Crippen molar-refractivity contribution >= 4 is 24.0 Å². The smallest absolute Gasteiger partial charge is 0.390 e. The van der Waals surface area contributed by atoms with E-state index in [-0.39, 0.29) is 29.7 Å². The van der Waals surface area contributed by atoms with Gasteiger partial charge in [-0.25, -0.2) is 0 Å². The Hall–Kier alpha value is -1.58. The molecule has 0 atom stereocenters. The topological polar surface area (TPSA) is 46.0 Å². The molecular weight excluding hydrogens is 397 g/mol. The molecule has 11 heteroatoms. The number of aromatic nitrogens is 2. The summed E-state index contributed by atoms with van der Waals surface area (Å²) in [6, 6.07) is 4.27. The third kappa shape index (κ3) is 7.05. The highest BCUT2D eigenvalue weighted by atomic mass is 35.5. The van der Waals surface area contributed by atoms with Gasteiger partial charge < -0.3 is 5.11 Å². The van der Waals surface area contributed by atoms with Crippen molar-refractivity contribution in [1.29, 1.82) is 0 Å². The molecule has 0 saturated heterocycles. The predicted molar refractivity (Wildman–Crippen MR) is 81.2 cm³/mol. The summed E-state index contributed by atoms with van der Waals surface area (Å²) in [7, 11) is 0. The molecule has 1 N–H and O–H groups in total. The van der Waals surface area contributed by atoms with Crippen LogP contribution in [-0.2, 0) is 24.8 Å². The van der Waals surface area contributed by atoms with Gasteiger partial charge in [-0.05, 0) is 24.3 Å². The summed E-state index contributed by atoms with van der Waals surface area (Å²) in [5, 5.41) is 8.52. The minimum atomic E-state index is -4.44. The first-order valence-electron chi connectivity index (χ1n) is 6.30. The number of hydrogen-bond acceptors (Lipinski definition) is 3. The molecule has 0 amide bonds. The van der Waals surface area contributed by atoms with Gasteiger partial charge in [-0.2, -0.15) is 26.3 Å². The second kappa shape index (κ2) is 9.79. The van der Waals surface area contributed by atoms with E-state index in [1.54, 1.807) is 0 Å². The number of rotatable bonds is 2. The Kier molecular flexibility index (Phi) is 9.17. The summed E-state index contributed by atoms with van der Waals surface area (Å²) in [6.07, 6.45) is -6.31. The zero-order valence-electron chi connectivity index (χ0n) is 12.3. The van der Waals surface area contributed by atoms with Crippen molar-refractivity contribution in [2.75, 3.05) is 0 Å². The third-order valence-corrected chi connectivity index (χ3v) is 2.92. The van der Waals surface area contributed by atoms with E-state index < -0.39 is 30.1 Å². The Bertz CT molecular complexity index is 607. The maximum atomic E-state index is 12.1. The van der Waals surface area contributed by atoms with Crippen molar-refractivity contribution in [3.05, 3.63) is 59.2 Å². The van der Waals surface area contributed by atoms with E-state index in [0.29, 0.717) is 0 Å². The zero-order valence-corrected chi connectivity index (χ0v) is 13.8. The lowest BCUT2D eigenvalue weighted by atomic mass is 10.2. The lowest BCUT2D eigenvalue weighted by Crippen LogP contribution is -2.10. The molecule has 0 spiro atoms. The maximum absolute atomic E-state index is 12.1. The molecule has 2 rings (SSSR count). The number of alkyl halides is 7. The predicted octanol–water partition coefficient (Wildman–Crippen LogP) is 4.85. The van der Waals surface area contributed by atoms with Crippen LogP contribution in [-0.4, -0.2) is 15.1 Å². The van der Waals surface area contributed by atoms with E-state index in [1.165, 1.54) is 24.5 Å². The van der Waals surface area contributed by atoms with E-state index >= 15 is 0 Å². The molecule has 2 heterocycles. The Balaban J connectivity index is 0.000000443. The molecule has 140 valence electrons. The summed E-state index contributed by atoms with van der Waals surface area (Å²) >= 11 is 5.28. The summed E-state index contributed by atoms with van der Waals surface area (Å²) in [6.45, 7) is -0.699. The van der Waals surface area contributed by atoms with E-state index in [2.05, 4.69) is 9.97 Å². The van der Waals surface area contributed by atoms with Crippen LogP contribution in [0, 0.1) is 0 Å². The molecule has 0 radical (unpaired) electrons. The highest BCUT2D eigenvalue weighted by molar-refractivity contribution is 6.17. The van der Waals surface area contributed by atoms with Crippen LogP contribution in [0.4, 0.5) is 26.3 Å². The Labute approximate surface area is 150 Å². The van der Waals surface area contributed by atoms with Gasteiger partial charge in [0.1, 0.15) is 0 Å². The number of aliphatic hydroxyl groups is 1. The van der Waals surface area contributed by atoms with Gasteiger partial charge in [0, 0.05) is 12.4 Å². The molecule has 2 aromatic rings. The van der Waals surface area contributed by atoms with E-state index in [0.717, 1.165) is 12.1 Å². The molecule has 0 fully saturated rings. The van der Waals surface area contributed by atoms with Crippen LogP contribution in [0.3, 0.4) is 0 Å². The van der Waals surface area contributed by atoms with Crippen molar-refractivity contribution in [2.24, 2.45) is 0 Å². The Morgan fingerprint density at radius 2 is 1.24 bits per heavy atom. The van der Waals surface area contributed by atoms with Gasteiger partial charge >= 0.3 is 12.4 Å². The fraction of sp³-hybridized carbons (Fsp3) is 0.286. The molecule has 2 aromatic heterocycles. The summed E-state index contributed by atoms with van der Waals surface area (Å²) in [5.41, 5.74) is -2.12. The van der Waals surface area contributed by atoms with Crippen molar-refractivity contribution < 1.29 is 31.4 Å². The van der Waals surface area contributed by atoms with Gasteiger partial charge in [0.2, 0.25) is 0 Å². The average molecular weight is 409 g/mol. The Morgan fingerprint density at radius 1 is 0.840 bits per heavy atom. The molecule has 0 aliphatic carbocycles. The number of aliphatic hydroxyl groups excluding tert-OH is 1. The monoisotopic (exact) mass is 408 g/mol. The standard InChI is InChI=1S/C7H5ClF3N.C7H6F3NO.ClH/c8-4-6-5(7(9,10)11)2-1-3-12-6;8-7(9,10)5-2-1-3-11-6(5)4-12;/h1-3H,4H2;1-3,12H,4H2;1H. The molecule has 0 saturated carbocycles. The van der Waals surface area contributed by atoms with Crippen LogP contribution in [0.15, 0.2) is 36.7 Å². The Morgan fingerprint density at radius 3 is 1.52 bits per heavy atom. The fourth-order valence-electron chi connectivity index (χ4n) is 1.62. The van der Waals surface area contributed by atoms with Crippen LogP contribution >= 0.6 is 24.0 Å². The molecule has 0 aromatic carbocycles. The van der Waals surface area contributed by atoms with Crippen LogP contribution in [0.2, 0.25) is 0 Å². The molecule has 0 unspecified atom stereocenters. The number of nitrogens with zero attached hydrogens (tertiary/aromatic N) is 2. The molecule has 3 nitrogen and oxygen atoms in total.